The second-order valence-electron chi connectivity index (χ2n) is 7.33. The predicted octanol–water partition coefficient (Wildman–Crippen LogP) is 3.88. The van der Waals surface area contributed by atoms with Crippen LogP contribution in [-0.2, 0) is 12.0 Å². The Kier molecular flexibility index (Phi) is 5.44. The summed E-state index contributed by atoms with van der Waals surface area (Å²) >= 11 is 1.82. The highest BCUT2D eigenvalue weighted by Crippen LogP contribution is 2.33. The quantitative estimate of drug-likeness (QED) is 0.897. The van der Waals surface area contributed by atoms with Crippen molar-refractivity contribution in [3.63, 3.8) is 0 Å². The molecule has 1 aromatic heterocycles. The molecule has 2 rings (SSSR count). The van der Waals surface area contributed by atoms with E-state index in [-0.39, 0.29) is 5.54 Å². The van der Waals surface area contributed by atoms with E-state index in [0.717, 1.165) is 19.0 Å². The van der Waals surface area contributed by atoms with Gasteiger partial charge in [0.25, 0.3) is 0 Å². The van der Waals surface area contributed by atoms with Gasteiger partial charge in [0.1, 0.15) is 0 Å². The Hall–Kier alpha value is -0.450. The van der Waals surface area contributed by atoms with Crippen LogP contribution >= 0.6 is 11.3 Å². The zero-order valence-corrected chi connectivity index (χ0v) is 15.1. The van der Waals surface area contributed by atoms with Crippen LogP contribution in [0.5, 0.6) is 0 Å². The fraction of sp³-hybridized carbons (Fsp3) is 0.824. The van der Waals surface area contributed by atoms with Crippen molar-refractivity contribution in [3.05, 3.63) is 15.6 Å². The molecule has 1 saturated heterocycles. The van der Waals surface area contributed by atoms with Gasteiger partial charge in [-0.05, 0) is 46.1 Å². The summed E-state index contributed by atoms with van der Waals surface area (Å²) in [4.78, 5) is 8.78. The predicted molar refractivity (Wildman–Crippen MR) is 92.0 cm³/mol. The van der Waals surface area contributed by atoms with Crippen molar-refractivity contribution >= 4 is 11.3 Å². The Labute approximate surface area is 133 Å². The van der Waals surface area contributed by atoms with Gasteiger partial charge in [-0.25, -0.2) is 4.98 Å². The molecule has 1 atom stereocenters. The van der Waals surface area contributed by atoms with Crippen molar-refractivity contribution in [1.29, 1.82) is 0 Å². The van der Waals surface area contributed by atoms with Gasteiger partial charge < -0.3 is 10.6 Å². The van der Waals surface area contributed by atoms with Gasteiger partial charge in [-0.15, -0.1) is 11.3 Å². The maximum Gasteiger partial charge on any atom is 0.0944 e. The molecule has 0 bridgehead atoms. The molecule has 0 amide bonds. The number of rotatable bonds is 5. The lowest BCUT2D eigenvalue weighted by Crippen LogP contribution is -2.38. The van der Waals surface area contributed by atoms with Crippen LogP contribution in [0.15, 0.2) is 0 Å². The van der Waals surface area contributed by atoms with Gasteiger partial charge in [-0.1, -0.05) is 20.3 Å². The number of nitrogens with two attached hydrogens (primary N) is 1. The molecule has 0 spiro atoms. The third-order valence-electron chi connectivity index (χ3n) is 4.38. The summed E-state index contributed by atoms with van der Waals surface area (Å²) < 4.78 is 0. The van der Waals surface area contributed by atoms with Gasteiger partial charge in [-0.3, -0.25) is 0 Å². The molecule has 2 heterocycles. The summed E-state index contributed by atoms with van der Waals surface area (Å²) in [6, 6.07) is 0.730. The Balaban J connectivity index is 2.07. The molecule has 0 saturated carbocycles. The Morgan fingerprint density at radius 3 is 2.62 bits per heavy atom. The number of aromatic nitrogens is 1. The topological polar surface area (TPSA) is 42.2 Å². The molecular formula is C17H31N3S. The maximum atomic E-state index is 6.33. The second kappa shape index (κ2) is 6.76. The molecule has 21 heavy (non-hydrogen) atoms. The molecule has 1 aliphatic heterocycles. The van der Waals surface area contributed by atoms with Gasteiger partial charge in [0.05, 0.1) is 10.7 Å². The van der Waals surface area contributed by atoms with E-state index < -0.39 is 0 Å². The molecule has 120 valence electrons. The van der Waals surface area contributed by atoms with Crippen LogP contribution in [0.25, 0.3) is 0 Å². The van der Waals surface area contributed by atoms with E-state index in [1.165, 1.54) is 41.4 Å². The van der Waals surface area contributed by atoms with Crippen LogP contribution in [0.3, 0.4) is 0 Å². The van der Waals surface area contributed by atoms with Crippen LogP contribution in [0.4, 0.5) is 0 Å². The number of likely N-dealkylation sites (tertiary alicyclic amines) is 1. The number of nitrogens with zero attached hydrogens (tertiary/aromatic N) is 2. The van der Waals surface area contributed by atoms with Crippen LogP contribution in [-0.4, -0.2) is 29.0 Å². The summed E-state index contributed by atoms with van der Waals surface area (Å²) in [6.07, 6.45) is 5.14. The zero-order chi connectivity index (χ0) is 15.6. The number of hydrogen-bond donors (Lipinski definition) is 1. The average molecular weight is 310 g/mol. The van der Waals surface area contributed by atoms with Crippen LogP contribution in [0, 0.1) is 0 Å². The van der Waals surface area contributed by atoms with Crippen molar-refractivity contribution in [2.45, 2.75) is 77.8 Å². The van der Waals surface area contributed by atoms with E-state index in [4.69, 9.17) is 10.7 Å². The molecule has 4 heteroatoms. The standard InChI is InChI=1S/C17H31N3S/c1-12(2)15-16(17(4,5)18)21-14(19-15)9-11-20-10-7-6-8-13(20)3/h12-13H,6-11,18H2,1-5H3. The lowest BCUT2D eigenvalue weighted by molar-refractivity contribution is 0.163. The highest BCUT2D eigenvalue weighted by atomic mass is 32.1. The van der Waals surface area contributed by atoms with Crippen molar-refractivity contribution < 1.29 is 0 Å². The molecule has 1 fully saturated rings. The highest BCUT2D eigenvalue weighted by Gasteiger charge is 2.25. The minimum Gasteiger partial charge on any atom is -0.321 e. The van der Waals surface area contributed by atoms with Gasteiger partial charge in [0.15, 0.2) is 0 Å². The molecular weight excluding hydrogens is 278 g/mol. The van der Waals surface area contributed by atoms with E-state index in [1.807, 2.05) is 11.3 Å². The molecule has 1 aliphatic rings. The third-order valence-corrected chi connectivity index (χ3v) is 5.85. The molecule has 1 aromatic rings. The second-order valence-corrected chi connectivity index (χ2v) is 8.41. The smallest absolute Gasteiger partial charge is 0.0944 e. The van der Waals surface area contributed by atoms with E-state index in [9.17, 15) is 0 Å². The van der Waals surface area contributed by atoms with Crippen LogP contribution < -0.4 is 5.73 Å². The largest absolute Gasteiger partial charge is 0.321 e. The van der Waals surface area contributed by atoms with Gasteiger partial charge >= 0.3 is 0 Å². The summed E-state index contributed by atoms with van der Waals surface area (Å²) in [5.41, 5.74) is 7.25. The first kappa shape index (κ1) is 16.9. The SMILES string of the molecule is CC(C)c1nc(CCN2CCCCC2C)sc1C(C)(C)N. The molecule has 0 radical (unpaired) electrons. The van der Waals surface area contributed by atoms with Crippen molar-refractivity contribution in [2.24, 2.45) is 5.73 Å². The van der Waals surface area contributed by atoms with Gasteiger partial charge in [0.2, 0.25) is 0 Å². The van der Waals surface area contributed by atoms with Crippen molar-refractivity contribution in [2.75, 3.05) is 13.1 Å². The zero-order valence-electron chi connectivity index (χ0n) is 14.3. The number of piperidine rings is 1. The van der Waals surface area contributed by atoms with Crippen LogP contribution in [0.2, 0.25) is 0 Å². The monoisotopic (exact) mass is 309 g/mol. The lowest BCUT2D eigenvalue weighted by atomic mass is 9.98. The summed E-state index contributed by atoms with van der Waals surface area (Å²) in [6.45, 7) is 13.3. The summed E-state index contributed by atoms with van der Waals surface area (Å²) in [5.74, 6) is 0.446. The Morgan fingerprint density at radius 2 is 2.10 bits per heavy atom. The van der Waals surface area contributed by atoms with E-state index >= 15 is 0 Å². The molecule has 3 nitrogen and oxygen atoms in total. The Bertz CT molecular complexity index is 459. The average Bonchev–Trinajstić information content (AvgIpc) is 2.82. The molecule has 2 N–H and O–H groups in total. The fourth-order valence-corrected chi connectivity index (χ4v) is 4.29. The molecule has 0 aliphatic carbocycles. The van der Waals surface area contributed by atoms with E-state index in [0.29, 0.717) is 5.92 Å². The van der Waals surface area contributed by atoms with Crippen molar-refractivity contribution in [3.8, 4) is 0 Å². The first-order valence-corrected chi connectivity index (χ1v) is 9.13. The summed E-state index contributed by atoms with van der Waals surface area (Å²) in [7, 11) is 0. The first-order chi connectivity index (χ1) is 9.79. The Morgan fingerprint density at radius 1 is 1.38 bits per heavy atom. The number of thiazole rings is 1. The van der Waals surface area contributed by atoms with Crippen LogP contribution in [0.1, 0.15) is 75.4 Å². The van der Waals surface area contributed by atoms with E-state index in [1.54, 1.807) is 0 Å². The molecule has 0 aromatic carbocycles. The number of hydrogen-bond acceptors (Lipinski definition) is 4. The minimum atomic E-state index is -0.284. The van der Waals surface area contributed by atoms with Gasteiger partial charge in [-0.2, -0.15) is 0 Å². The normalized spacial score (nSPS) is 21.2. The fourth-order valence-electron chi connectivity index (χ4n) is 3.07. The highest BCUT2D eigenvalue weighted by molar-refractivity contribution is 7.11. The third kappa shape index (κ3) is 4.27. The maximum absolute atomic E-state index is 6.33. The molecule has 1 unspecified atom stereocenters. The summed E-state index contributed by atoms with van der Waals surface area (Å²) in [5, 5.41) is 1.25. The first-order valence-electron chi connectivity index (χ1n) is 8.32. The van der Waals surface area contributed by atoms with Crippen molar-refractivity contribution in [1.82, 2.24) is 9.88 Å². The minimum absolute atomic E-state index is 0.284. The van der Waals surface area contributed by atoms with E-state index in [2.05, 4.69) is 39.5 Å². The lowest BCUT2D eigenvalue weighted by Gasteiger charge is -2.33. The van der Waals surface area contributed by atoms with Gasteiger partial charge in [0, 0.05) is 29.4 Å².